The number of rotatable bonds is 13. The summed E-state index contributed by atoms with van der Waals surface area (Å²) in [5, 5.41) is 5.23. The van der Waals surface area contributed by atoms with Gasteiger partial charge in [0.25, 0.3) is 14.2 Å². The third-order valence-electron chi connectivity index (χ3n) is 11.0. The highest BCUT2D eigenvalue weighted by molar-refractivity contribution is 6.99. The fraction of sp³-hybridized carbons (Fsp3) is 0.405. The van der Waals surface area contributed by atoms with Crippen LogP contribution in [0.3, 0.4) is 0 Å². The largest absolute Gasteiger partial charge is 0.401 e. The van der Waals surface area contributed by atoms with Crippen LogP contribution in [0.25, 0.3) is 11.0 Å². The lowest BCUT2D eigenvalue weighted by Gasteiger charge is -2.46. The van der Waals surface area contributed by atoms with Gasteiger partial charge in [-0.2, -0.15) is 0 Å². The molecule has 2 aromatic heterocycles. The smallest absolute Gasteiger partial charge is 0.282 e. The number of fused-ring (bicyclic) bond motifs is 3. The predicted molar refractivity (Wildman–Crippen MR) is 207 cm³/mol. The molecule has 286 valence electrons. The number of hydrogen-bond donors (Lipinski definition) is 2. The van der Waals surface area contributed by atoms with Crippen LogP contribution in [0.1, 0.15) is 56.8 Å². The number of H-pyrrole nitrogens is 1. The van der Waals surface area contributed by atoms with Gasteiger partial charge in [-0.05, 0) is 64.5 Å². The number of pyridine rings is 1. The molecule has 54 heavy (non-hydrogen) atoms. The van der Waals surface area contributed by atoms with E-state index >= 15 is 17.6 Å². The fourth-order valence-electron chi connectivity index (χ4n) is 8.54. The number of benzene rings is 3. The molecule has 4 heterocycles. The fourth-order valence-corrected chi connectivity index (χ4v) is 13.1. The van der Waals surface area contributed by atoms with Gasteiger partial charge in [-0.15, -0.1) is 0 Å². The lowest BCUT2D eigenvalue weighted by atomic mass is 9.84. The zero-order chi connectivity index (χ0) is 38.3. The minimum absolute atomic E-state index is 0.0403. The van der Waals surface area contributed by atoms with Crippen LogP contribution < -0.4 is 15.7 Å². The van der Waals surface area contributed by atoms with Crippen LogP contribution in [0.4, 0.5) is 27.6 Å². The second kappa shape index (κ2) is 15.2. The SMILES string of the molecule is CC1Cc2c(cnc3[nH]ccc23)C(c2c(F)cc(NC3CN(CCCF)C3)cc2F)N1CC(F)(F)CO[Si](c1ccccc1)(c1ccccc1)C(C)(C)C. The monoisotopic (exact) mass is 761 g/mol. The highest BCUT2D eigenvalue weighted by Gasteiger charge is 2.52. The van der Waals surface area contributed by atoms with Crippen LogP contribution in [-0.4, -0.2) is 85.6 Å². The summed E-state index contributed by atoms with van der Waals surface area (Å²) < 4.78 is 85.7. The number of alkyl halides is 3. The van der Waals surface area contributed by atoms with Crippen molar-refractivity contribution in [2.75, 3.05) is 44.8 Å². The molecule has 2 aliphatic rings. The van der Waals surface area contributed by atoms with Crippen molar-refractivity contribution in [2.45, 2.75) is 69.6 Å². The molecule has 12 heteroatoms. The molecule has 1 saturated heterocycles. The number of nitrogens with zero attached hydrogens (tertiary/aromatic N) is 3. The van der Waals surface area contributed by atoms with Gasteiger partial charge in [-0.3, -0.25) is 14.2 Å². The van der Waals surface area contributed by atoms with Gasteiger partial charge >= 0.3 is 0 Å². The highest BCUT2D eigenvalue weighted by Crippen LogP contribution is 2.44. The van der Waals surface area contributed by atoms with Crippen LogP contribution in [0.5, 0.6) is 0 Å². The molecule has 5 aromatic rings. The van der Waals surface area contributed by atoms with E-state index in [0.717, 1.165) is 21.3 Å². The van der Waals surface area contributed by atoms with E-state index in [4.69, 9.17) is 4.43 Å². The molecule has 3 aromatic carbocycles. The van der Waals surface area contributed by atoms with Crippen molar-refractivity contribution in [1.82, 2.24) is 19.8 Å². The lowest BCUT2D eigenvalue weighted by Crippen LogP contribution is -2.67. The minimum atomic E-state index is -3.41. The van der Waals surface area contributed by atoms with Crippen molar-refractivity contribution in [3.63, 3.8) is 0 Å². The first-order valence-corrected chi connectivity index (χ1v) is 20.6. The summed E-state index contributed by atoms with van der Waals surface area (Å²) in [6.07, 6.45) is 4.13. The van der Waals surface area contributed by atoms with E-state index in [1.54, 1.807) is 12.4 Å². The summed E-state index contributed by atoms with van der Waals surface area (Å²) in [5.74, 6) is -5.07. The molecule has 6 nitrogen and oxygen atoms in total. The zero-order valence-corrected chi connectivity index (χ0v) is 32.2. The number of halogens is 5. The van der Waals surface area contributed by atoms with Crippen molar-refractivity contribution < 1.29 is 26.4 Å². The molecule has 0 amide bonds. The summed E-state index contributed by atoms with van der Waals surface area (Å²) in [7, 11) is -3.31. The number of aromatic nitrogens is 2. The summed E-state index contributed by atoms with van der Waals surface area (Å²) in [6, 6.07) is 21.8. The Morgan fingerprint density at radius 1 is 0.944 bits per heavy atom. The van der Waals surface area contributed by atoms with Gasteiger partial charge in [-0.1, -0.05) is 81.4 Å². The first kappa shape index (κ1) is 38.2. The molecule has 2 aliphatic heterocycles. The zero-order valence-electron chi connectivity index (χ0n) is 31.2. The highest BCUT2D eigenvalue weighted by atomic mass is 28.4. The summed E-state index contributed by atoms with van der Waals surface area (Å²) in [4.78, 5) is 11.2. The number of nitrogens with one attached hydrogen (secondary N) is 2. The maximum atomic E-state index is 16.8. The molecule has 0 saturated carbocycles. The molecule has 0 aliphatic carbocycles. The van der Waals surface area contributed by atoms with E-state index in [0.29, 0.717) is 43.7 Å². The maximum Gasteiger partial charge on any atom is 0.282 e. The van der Waals surface area contributed by atoms with Crippen molar-refractivity contribution in [2.24, 2.45) is 0 Å². The van der Waals surface area contributed by atoms with E-state index in [1.165, 1.54) is 17.0 Å². The van der Waals surface area contributed by atoms with Crippen LogP contribution in [0.2, 0.25) is 5.04 Å². The summed E-state index contributed by atoms with van der Waals surface area (Å²) in [6.45, 7) is 7.75. The van der Waals surface area contributed by atoms with Crippen molar-refractivity contribution >= 4 is 35.4 Å². The Kier molecular flexibility index (Phi) is 10.7. The molecule has 0 bridgehead atoms. The van der Waals surface area contributed by atoms with Crippen LogP contribution in [0, 0.1) is 11.6 Å². The van der Waals surface area contributed by atoms with Crippen LogP contribution in [-0.2, 0) is 10.8 Å². The first-order valence-electron chi connectivity index (χ1n) is 18.7. The third-order valence-corrected chi connectivity index (χ3v) is 16.0. The maximum absolute atomic E-state index is 16.8. The molecule has 0 spiro atoms. The van der Waals surface area contributed by atoms with Crippen LogP contribution in [0.15, 0.2) is 91.3 Å². The van der Waals surface area contributed by atoms with Gasteiger partial charge in [-0.25, -0.2) is 22.5 Å². The third kappa shape index (κ3) is 7.33. The van der Waals surface area contributed by atoms with E-state index in [2.05, 4.69) is 20.2 Å². The molecular formula is C42H48F5N5OSi. The van der Waals surface area contributed by atoms with Gasteiger partial charge < -0.3 is 14.7 Å². The molecule has 2 unspecified atom stereocenters. The molecule has 7 rings (SSSR count). The van der Waals surface area contributed by atoms with E-state index < -0.39 is 62.8 Å². The van der Waals surface area contributed by atoms with Gasteiger partial charge in [0.1, 0.15) is 17.3 Å². The number of hydrogen-bond acceptors (Lipinski definition) is 5. The molecular weight excluding hydrogens is 714 g/mol. The van der Waals surface area contributed by atoms with Gasteiger partial charge in [0.05, 0.1) is 31.9 Å². The number of anilines is 1. The summed E-state index contributed by atoms with van der Waals surface area (Å²) >= 11 is 0. The molecule has 0 radical (unpaired) electrons. The lowest BCUT2D eigenvalue weighted by molar-refractivity contribution is -0.0823. The van der Waals surface area contributed by atoms with Gasteiger partial charge in [0, 0.05) is 54.7 Å². The second-order valence-corrected chi connectivity index (χ2v) is 20.2. The quantitative estimate of drug-likeness (QED) is 0.0947. The average Bonchev–Trinajstić information content (AvgIpc) is 3.60. The van der Waals surface area contributed by atoms with Crippen molar-refractivity contribution in [3.05, 3.63) is 120 Å². The molecule has 2 N–H and O–H groups in total. The minimum Gasteiger partial charge on any atom is -0.401 e. The molecule has 2 atom stereocenters. The Morgan fingerprint density at radius 2 is 1.57 bits per heavy atom. The number of likely N-dealkylation sites (tertiary alicyclic amines) is 1. The Hall–Kier alpha value is -4.10. The second-order valence-electron chi connectivity index (χ2n) is 15.9. The standard InChI is InChI=1S/C42H48F5N5OSi/c1-28-20-34-33-16-18-48-40(33)49-23-35(34)39(38-36(44)21-29(22-37(38)45)50-30-24-51(25-30)19-11-17-43)52(28)26-42(46,47)27-53-54(41(2,3)4,31-12-7-5-8-13-31)32-14-9-6-10-15-32/h5-10,12-16,18,21-23,28,30,39,50H,11,17,19-20,24-27H2,1-4H3,(H,48,49). The predicted octanol–water partition coefficient (Wildman–Crippen LogP) is 7.84. The van der Waals surface area contributed by atoms with E-state index in [1.807, 2.05) is 94.4 Å². The van der Waals surface area contributed by atoms with Crippen molar-refractivity contribution in [1.29, 1.82) is 0 Å². The Balaban J connectivity index is 1.22. The molecule has 1 fully saturated rings. The van der Waals surface area contributed by atoms with E-state index in [-0.39, 0.29) is 17.3 Å². The Labute approximate surface area is 314 Å². The number of aromatic amines is 1. The topological polar surface area (TPSA) is 56.4 Å². The summed E-state index contributed by atoms with van der Waals surface area (Å²) in [5.41, 5.74) is 1.91. The average molecular weight is 762 g/mol. The van der Waals surface area contributed by atoms with Gasteiger partial charge in [0.2, 0.25) is 0 Å². The van der Waals surface area contributed by atoms with Crippen LogP contribution >= 0.6 is 0 Å². The Morgan fingerprint density at radius 3 is 2.17 bits per heavy atom. The van der Waals surface area contributed by atoms with Crippen molar-refractivity contribution in [3.8, 4) is 0 Å². The first-order chi connectivity index (χ1) is 25.8. The normalized spacial score (nSPS) is 18.8. The Bertz CT molecular complexity index is 1990. The van der Waals surface area contributed by atoms with Gasteiger partial charge in [0.15, 0.2) is 0 Å². The van der Waals surface area contributed by atoms with E-state index in [9.17, 15) is 4.39 Å².